The van der Waals surface area contributed by atoms with Crippen molar-refractivity contribution in [3.63, 3.8) is 0 Å². The van der Waals surface area contributed by atoms with Gasteiger partial charge < -0.3 is 9.84 Å². The Kier molecular flexibility index (Phi) is 11.1. The molecule has 0 fully saturated rings. The van der Waals surface area contributed by atoms with Crippen LogP contribution in [0.15, 0.2) is 24.8 Å². The van der Waals surface area contributed by atoms with Crippen LogP contribution < -0.4 is 0 Å². The van der Waals surface area contributed by atoms with E-state index in [-0.39, 0.29) is 11.5 Å². The van der Waals surface area contributed by atoms with E-state index in [1.165, 1.54) is 13.0 Å². The summed E-state index contributed by atoms with van der Waals surface area (Å²) in [4.78, 5) is 19.9. The Labute approximate surface area is 90.2 Å². The summed E-state index contributed by atoms with van der Waals surface area (Å²) in [7, 11) is 0. The molecule has 0 bridgehead atoms. The van der Waals surface area contributed by atoms with Crippen molar-refractivity contribution in [1.82, 2.24) is 0 Å². The Morgan fingerprint density at radius 3 is 2.20 bits per heavy atom. The standard InChI is InChI=1S/C7H12O2.C4H6O2/c1-3-5-6-9-7(8)4-2;1-3(2)4(5)6/h4H,2-3,5-6H2,1H3;1H2,2H3,(H,5,6). The Bertz CT molecular complexity index is 219. The van der Waals surface area contributed by atoms with Gasteiger partial charge in [0.1, 0.15) is 0 Å². The van der Waals surface area contributed by atoms with E-state index in [9.17, 15) is 9.59 Å². The van der Waals surface area contributed by atoms with E-state index in [0.29, 0.717) is 6.61 Å². The minimum Gasteiger partial charge on any atom is -0.478 e. The molecule has 0 rings (SSSR count). The number of ether oxygens (including phenoxy) is 1. The summed E-state index contributed by atoms with van der Waals surface area (Å²) in [6, 6.07) is 0. The lowest BCUT2D eigenvalue weighted by Gasteiger charge is -1.97. The number of unbranched alkanes of at least 4 members (excludes halogenated alkanes) is 1. The van der Waals surface area contributed by atoms with Gasteiger partial charge in [-0.2, -0.15) is 0 Å². The third-order valence-electron chi connectivity index (χ3n) is 1.27. The van der Waals surface area contributed by atoms with Gasteiger partial charge in [-0.3, -0.25) is 0 Å². The highest BCUT2D eigenvalue weighted by Crippen LogP contribution is 1.88. The molecule has 86 valence electrons. The van der Waals surface area contributed by atoms with Crippen molar-refractivity contribution in [2.75, 3.05) is 6.61 Å². The van der Waals surface area contributed by atoms with Crippen molar-refractivity contribution < 1.29 is 19.4 Å². The molecule has 0 unspecified atom stereocenters. The zero-order valence-corrected chi connectivity index (χ0v) is 9.28. The van der Waals surface area contributed by atoms with Gasteiger partial charge in [-0.05, 0) is 13.3 Å². The first-order valence-electron chi connectivity index (χ1n) is 4.63. The van der Waals surface area contributed by atoms with Gasteiger partial charge in [0.05, 0.1) is 6.61 Å². The lowest BCUT2D eigenvalue weighted by Crippen LogP contribution is -2.00. The van der Waals surface area contributed by atoms with Crippen LogP contribution in [0.25, 0.3) is 0 Å². The van der Waals surface area contributed by atoms with E-state index < -0.39 is 5.97 Å². The van der Waals surface area contributed by atoms with Crippen LogP contribution in [0.2, 0.25) is 0 Å². The third kappa shape index (κ3) is 15.2. The van der Waals surface area contributed by atoms with Crippen LogP contribution in [0.4, 0.5) is 0 Å². The molecule has 0 aliphatic heterocycles. The molecule has 15 heavy (non-hydrogen) atoms. The van der Waals surface area contributed by atoms with Crippen molar-refractivity contribution in [1.29, 1.82) is 0 Å². The van der Waals surface area contributed by atoms with Gasteiger partial charge in [0.15, 0.2) is 0 Å². The SMILES string of the molecule is C=C(C)C(=O)O.C=CC(=O)OCCCC. The second kappa shape index (κ2) is 10.5. The molecule has 0 saturated heterocycles. The largest absolute Gasteiger partial charge is 0.478 e. The van der Waals surface area contributed by atoms with E-state index >= 15 is 0 Å². The second-order valence-corrected chi connectivity index (χ2v) is 2.81. The van der Waals surface area contributed by atoms with Crippen molar-refractivity contribution >= 4 is 11.9 Å². The van der Waals surface area contributed by atoms with Crippen LogP contribution in [0.5, 0.6) is 0 Å². The molecule has 0 radical (unpaired) electrons. The van der Waals surface area contributed by atoms with Crippen molar-refractivity contribution in [3.05, 3.63) is 24.8 Å². The minimum atomic E-state index is -0.935. The highest BCUT2D eigenvalue weighted by molar-refractivity contribution is 5.84. The molecule has 0 aromatic rings. The second-order valence-electron chi connectivity index (χ2n) is 2.81. The number of hydrogen-bond donors (Lipinski definition) is 1. The lowest BCUT2D eigenvalue weighted by atomic mass is 10.4. The Morgan fingerprint density at radius 1 is 1.47 bits per heavy atom. The zero-order valence-electron chi connectivity index (χ0n) is 9.28. The molecule has 0 amide bonds. The molecular weight excluding hydrogens is 196 g/mol. The molecule has 0 spiro atoms. The number of esters is 1. The molecule has 4 heteroatoms. The minimum absolute atomic E-state index is 0.176. The fraction of sp³-hybridized carbons (Fsp3) is 0.455. The predicted molar refractivity (Wildman–Crippen MR) is 58.5 cm³/mol. The number of carboxylic acids is 1. The first-order chi connectivity index (χ1) is 6.95. The van der Waals surface area contributed by atoms with Gasteiger partial charge in [-0.25, -0.2) is 9.59 Å². The maximum Gasteiger partial charge on any atom is 0.330 e. The first-order valence-corrected chi connectivity index (χ1v) is 4.63. The van der Waals surface area contributed by atoms with E-state index in [1.54, 1.807) is 0 Å². The molecule has 4 nitrogen and oxygen atoms in total. The topological polar surface area (TPSA) is 63.6 Å². The number of carbonyl (C=O) groups is 2. The van der Waals surface area contributed by atoms with Gasteiger partial charge in [0, 0.05) is 11.6 Å². The summed E-state index contributed by atoms with van der Waals surface area (Å²) in [6.45, 7) is 10.4. The number of carbonyl (C=O) groups excluding carboxylic acids is 1. The molecule has 0 aliphatic rings. The maximum atomic E-state index is 10.3. The highest BCUT2D eigenvalue weighted by atomic mass is 16.5. The summed E-state index contributed by atoms with van der Waals surface area (Å²) >= 11 is 0. The Morgan fingerprint density at radius 2 is 1.93 bits per heavy atom. The molecular formula is C11H18O4. The van der Waals surface area contributed by atoms with Crippen molar-refractivity contribution in [2.24, 2.45) is 0 Å². The van der Waals surface area contributed by atoms with Gasteiger partial charge >= 0.3 is 11.9 Å². The zero-order chi connectivity index (χ0) is 12.3. The number of rotatable bonds is 5. The fourth-order valence-electron chi connectivity index (χ4n) is 0.376. The normalized spacial score (nSPS) is 8.13. The lowest BCUT2D eigenvalue weighted by molar-refractivity contribution is -0.137. The van der Waals surface area contributed by atoms with E-state index in [4.69, 9.17) is 5.11 Å². The smallest absolute Gasteiger partial charge is 0.330 e. The number of aliphatic carboxylic acids is 1. The molecule has 0 aromatic carbocycles. The number of hydrogen-bond acceptors (Lipinski definition) is 3. The maximum absolute atomic E-state index is 10.3. The van der Waals surface area contributed by atoms with E-state index in [0.717, 1.165) is 12.8 Å². The quantitative estimate of drug-likeness (QED) is 0.432. The fourth-order valence-corrected chi connectivity index (χ4v) is 0.376. The van der Waals surface area contributed by atoms with Gasteiger partial charge in [0.2, 0.25) is 0 Å². The van der Waals surface area contributed by atoms with Crippen LogP contribution in [-0.4, -0.2) is 23.7 Å². The predicted octanol–water partition coefficient (Wildman–Crippen LogP) is 2.16. The number of carboxylic acid groups (broad SMARTS) is 1. The Hall–Kier alpha value is -1.58. The summed E-state index contributed by atoms with van der Waals surface area (Å²) in [5, 5.41) is 7.89. The summed E-state index contributed by atoms with van der Waals surface area (Å²) in [5.74, 6) is -1.27. The first kappa shape index (κ1) is 15.9. The Balaban J connectivity index is 0. The third-order valence-corrected chi connectivity index (χ3v) is 1.27. The monoisotopic (exact) mass is 214 g/mol. The molecule has 0 heterocycles. The average Bonchev–Trinajstić information content (AvgIpc) is 2.18. The molecule has 0 aromatic heterocycles. The van der Waals surface area contributed by atoms with Crippen LogP contribution in [0, 0.1) is 0 Å². The van der Waals surface area contributed by atoms with Gasteiger partial charge in [-0.1, -0.05) is 26.5 Å². The van der Waals surface area contributed by atoms with Crippen LogP contribution >= 0.6 is 0 Å². The van der Waals surface area contributed by atoms with Gasteiger partial charge in [-0.15, -0.1) is 0 Å². The summed E-state index contributed by atoms with van der Waals surface area (Å²) in [6.07, 6.45) is 3.15. The summed E-state index contributed by atoms with van der Waals surface area (Å²) < 4.78 is 4.67. The van der Waals surface area contributed by atoms with Gasteiger partial charge in [0.25, 0.3) is 0 Å². The van der Waals surface area contributed by atoms with Crippen molar-refractivity contribution in [2.45, 2.75) is 26.7 Å². The van der Waals surface area contributed by atoms with Crippen LogP contribution in [0.3, 0.4) is 0 Å². The highest BCUT2D eigenvalue weighted by Gasteiger charge is 1.91. The van der Waals surface area contributed by atoms with Crippen molar-refractivity contribution in [3.8, 4) is 0 Å². The molecule has 0 saturated carbocycles. The van der Waals surface area contributed by atoms with Crippen LogP contribution in [0.1, 0.15) is 26.7 Å². The van der Waals surface area contributed by atoms with E-state index in [2.05, 4.69) is 17.9 Å². The average molecular weight is 214 g/mol. The van der Waals surface area contributed by atoms with E-state index in [1.807, 2.05) is 6.92 Å². The summed E-state index contributed by atoms with van der Waals surface area (Å²) in [5.41, 5.74) is 0.176. The molecule has 0 aliphatic carbocycles. The van der Waals surface area contributed by atoms with Crippen LogP contribution in [-0.2, 0) is 14.3 Å². The molecule has 0 atom stereocenters. The molecule has 1 N–H and O–H groups in total.